The lowest BCUT2D eigenvalue weighted by atomic mass is 10.2. The van der Waals surface area contributed by atoms with Gasteiger partial charge in [0, 0.05) is 7.05 Å². The van der Waals surface area contributed by atoms with E-state index >= 15 is 0 Å². The molecule has 0 heterocycles. The van der Waals surface area contributed by atoms with Crippen molar-refractivity contribution in [2.75, 3.05) is 14.2 Å². The number of hydrazone groups is 1. The Morgan fingerprint density at radius 2 is 1.85 bits per heavy atom. The van der Waals surface area contributed by atoms with Gasteiger partial charge in [-0.15, -0.1) is 0 Å². The number of rotatable bonds is 6. The van der Waals surface area contributed by atoms with Crippen LogP contribution in [0.4, 0.5) is 0 Å². The van der Waals surface area contributed by atoms with E-state index in [1.165, 1.54) is 31.5 Å². The summed E-state index contributed by atoms with van der Waals surface area (Å²) < 4.78 is 35.3. The standard InChI is InChI=1S/C17H19N3O4S2/c1-12-4-7-14(8-5-12)26(21,22)24-15-9-6-13(10-16(15)23-3)11-19-20-17(25)18-2/h4-11H,1-3H3,(H2,18,20,25)/b19-11-. The first kappa shape index (κ1) is 19.7. The topological polar surface area (TPSA) is 89.0 Å². The van der Waals surface area contributed by atoms with E-state index in [4.69, 9.17) is 21.1 Å². The summed E-state index contributed by atoms with van der Waals surface area (Å²) in [5.41, 5.74) is 4.25. The van der Waals surface area contributed by atoms with Crippen LogP contribution in [0.3, 0.4) is 0 Å². The van der Waals surface area contributed by atoms with Crippen LogP contribution < -0.4 is 19.7 Å². The molecule has 0 fully saturated rings. The van der Waals surface area contributed by atoms with Gasteiger partial charge in [0.05, 0.1) is 13.3 Å². The minimum atomic E-state index is -3.96. The maximum absolute atomic E-state index is 12.4. The molecule has 0 aliphatic carbocycles. The van der Waals surface area contributed by atoms with Gasteiger partial charge in [-0.25, -0.2) is 0 Å². The second-order valence-corrected chi connectivity index (χ2v) is 7.16. The zero-order valence-electron chi connectivity index (χ0n) is 14.5. The van der Waals surface area contributed by atoms with Gasteiger partial charge in [-0.3, -0.25) is 5.43 Å². The molecule has 0 bridgehead atoms. The van der Waals surface area contributed by atoms with Gasteiger partial charge in [-0.05, 0) is 55.0 Å². The molecule has 26 heavy (non-hydrogen) atoms. The molecule has 0 radical (unpaired) electrons. The number of ether oxygens (including phenoxy) is 1. The van der Waals surface area contributed by atoms with E-state index in [0.717, 1.165) is 5.56 Å². The average Bonchev–Trinajstić information content (AvgIpc) is 2.62. The molecule has 2 aromatic carbocycles. The van der Waals surface area contributed by atoms with E-state index in [1.807, 2.05) is 6.92 Å². The molecule has 0 aliphatic heterocycles. The Labute approximate surface area is 158 Å². The Kier molecular flexibility index (Phi) is 6.53. The van der Waals surface area contributed by atoms with Gasteiger partial charge in [0.15, 0.2) is 16.6 Å². The Balaban J connectivity index is 2.21. The van der Waals surface area contributed by atoms with E-state index < -0.39 is 10.1 Å². The van der Waals surface area contributed by atoms with Crippen LogP contribution in [0.15, 0.2) is 52.5 Å². The molecule has 0 saturated heterocycles. The lowest BCUT2D eigenvalue weighted by Crippen LogP contribution is -2.28. The number of thiocarbonyl (C=S) groups is 1. The van der Waals surface area contributed by atoms with Crippen molar-refractivity contribution < 1.29 is 17.3 Å². The van der Waals surface area contributed by atoms with Crippen LogP contribution in [0.25, 0.3) is 0 Å². The fraction of sp³-hybridized carbons (Fsp3) is 0.176. The zero-order valence-corrected chi connectivity index (χ0v) is 16.1. The van der Waals surface area contributed by atoms with Gasteiger partial charge in [0.1, 0.15) is 4.90 Å². The van der Waals surface area contributed by atoms with Crippen molar-refractivity contribution >= 4 is 33.7 Å². The first-order valence-electron chi connectivity index (χ1n) is 7.55. The van der Waals surface area contributed by atoms with Gasteiger partial charge < -0.3 is 14.2 Å². The fourth-order valence-corrected chi connectivity index (χ4v) is 2.92. The third kappa shape index (κ3) is 5.17. The molecule has 0 saturated carbocycles. The van der Waals surface area contributed by atoms with Crippen molar-refractivity contribution in [2.45, 2.75) is 11.8 Å². The average molecular weight is 393 g/mol. The van der Waals surface area contributed by atoms with Crippen molar-refractivity contribution in [3.05, 3.63) is 53.6 Å². The van der Waals surface area contributed by atoms with Crippen molar-refractivity contribution in [3.8, 4) is 11.5 Å². The van der Waals surface area contributed by atoms with Crippen LogP contribution in [0, 0.1) is 6.92 Å². The predicted molar refractivity (Wildman–Crippen MR) is 104 cm³/mol. The van der Waals surface area contributed by atoms with E-state index in [9.17, 15) is 8.42 Å². The molecule has 2 N–H and O–H groups in total. The first-order chi connectivity index (χ1) is 12.4. The van der Waals surface area contributed by atoms with E-state index in [2.05, 4.69) is 15.8 Å². The van der Waals surface area contributed by atoms with Crippen LogP contribution in [-0.4, -0.2) is 33.9 Å². The molecule has 0 aliphatic rings. The number of hydrogen-bond donors (Lipinski definition) is 2. The summed E-state index contributed by atoms with van der Waals surface area (Å²) in [5, 5.41) is 7.05. The van der Waals surface area contributed by atoms with Gasteiger partial charge in [-0.1, -0.05) is 17.7 Å². The fourth-order valence-electron chi connectivity index (χ4n) is 1.93. The highest BCUT2D eigenvalue weighted by Crippen LogP contribution is 2.30. The summed E-state index contributed by atoms with van der Waals surface area (Å²) >= 11 is 4.91. The van der Waals surface area contributed by atoms with Crippen molar-refractivity contribution in [1.29, 1.82) is 0 Å². The zero-order chi connectivity index (χ0) is 19.2. The van der Waals surface area contributed by atoms with Crippen LogP contribution in [0.2, 0.25) is 0 Å². The molecular weight excluding hydrogens is 374 g/mol. The van der Waals surface area contributed by atoms with Crippen molar-refractivity contribution in [1.82, 2.24) is 10.7 Å². The van der Waals surface area contributed by atoms with Gasteiger partial charge in [-0.2, -0.15) is 13.5 Å². The summed E-state index contributed by atoms with van der Waals surface area (Å²) in [7, 11) is -0.857. The minimum Gasteiger partial charge on any atom is -0.493 e. The second kappa shape index (κ2) is 8.63. The van der Waals surface area contributed by atoms with E-state index in [-0.39, 0.29) is 16.4 Å². The quantitative estimate of drug-likeness (QED) is 0.337. The Morgan fingerprint density at radius 3 is 2.46 bits per heavy atom. The summed E-state index contributed by atoms with van der Waals surface area (Å²) in [5.74, 6) is 0.352. The first-order valence-corrected chi connectivity index (χ1v) is 9.37. The monoisotopic (exact) mass is 393 g/mol. The molecule has 0 spiro atoms. The highest BCUT2D eigenvalue weighted by molar-refractivity contribution is 7.87. The number of benzene rings is 2. The SMILES string of the molecule is CNC(=S)N/N=C\c1ccc(OS(=O)(=O)c2ccc(C)cc2)c(OC)c1. The molecule has 2 aromatic rings. The minimum absolute atomic E-state index is 0.0700. The maximum atomic E-state index is 12.4. The number of nitrogens with zero attached hydrogens (tertiary/aromatic N) is 1. The molecular formula is C17H19N3O4S2. The van der Waals surface area contributed by atoms with Crippen LogP contribution in [0.1, 0.15) is 11.1 Å². The predicted octanol–water partition coefficient (Wildman–Crippen LogP) is 2.20. The summed E-state index contributed by atoms with van der Waals surface area (Å²) in [6.45, 7) is 1.87. The molecule has 138 valence electrons. The lowest BCUT2D eigenvalue weighted by Gasteiger charge is -2.11. The maximum Gasteiger partial charge on any atom is 0.339 e. The Morgan fingerprint density at radius 1 is 1.15 bits per heavy atom. The summed E-state index contributed by atoms with van der Waals surface area (Å²) in [6.07, 6.45) is 1.52. The lowest BCUT2D eigenvalue weighted by molar-refractivity contribution is 0.390. The van der Waals surface area contributed by atoms with Gasteiger partial charge >= 0.3 is 10.1 Å². The van der Waals surface area contributed by atoms with Crippen LogP contribution in [-0.2, 0) is 10.1 Å². The molecule has 0 atom stereocenters. The largest absolute Gasteiger partial charge is 0.493 e. The molecule has 7 nitrogen and oxygen atoms in total. The Bertz CT molecular complexity index is 910. The van der Waals surface area contributed by atoms with Crippen LogP contribution >= 0.6 is 12.2 Å². The third-order valence-electron chi connectivity index (χ3n) is 3.30. The van der Waals surface area contributed by atoms with E-state index in [0.29, 0.717) is 10.7 Å². The van der Waals surface area contributed by atoms with Crippen LogP contribution in [0.5, 0.6) is 11.5 Å². The normalized spacial score (nSPS) is 11.2. The van der Waals surface area contributed by atoms with Gasteiger partial charge in [0.25, 0.3) is 0 Å². The summed E-state index contributed by atoms with van der Waals surface area (Å²) in [4.78, 5) is 0.0700. The molecule has 0 amide bonds. The van der Waals surface area contributed by atoms with Gasteiger partial charge in [0.2, 0.25) is 0 Å². The number of aryl methyl sites for hydroxylation is 1. The van der Waals surface area contributed by atoms with E-state index in [1.54, 1.807) is 31.3 Å². The highest BCUT2D eigenvalue weighted by Gasteiger charge is 2.19. The molecule has 9 heteroatoms. The number of methoxy groups -OCH3 is 1. The number of hydrogen-bond acceptors (Lipinski definition) is 6. The third-order valence-corrected chi connectivity index (χ3v) is 4.85. The second-order valence-electron chi connectivity index (χ2n) is 5.21. The van der Waals surface area contributed by atoms with Crippen molar-refractivity contribution in [3.63, 3.8) is 0 Å². The summed E-state index contributed by atoms with van der Waals surface area (Å²) in [6, 6.07) is 11.2. The molecule has 2 rings (SSSR count). The molecule has 0 unspecified atom stereocenters. The Hall–Kier alpha value is -2.65. The smallest absolute Gasteiger partial charge is 0.339 e. The number of nitrogens with one attached hydrogen (secondary N) is 2. The molecule has 0 aromatic heterocycles. The highest BCUT2D eigenvalue weighted by atomic mass is 32.2. The van der Waals surface area contributed by atoms with Crippen molar-refractivity contribution in [2.24, 2.45) is 5.10 Å².